The molecular weight excluding hydrogens is 430 g/mol. The van der Waals surface area contributed by atoms with Crippen molar-refractivity contribution in [2.45, 2.75) is 25.8 Å². The van der Waals surface area contributed by atoms with Gasteiger partial charge in [0.25, 0.3) is 0 Å². The number of rotatable bonds is 5. The van der Waals surface area contributed by atoms with Crippen molar-refractivity contribution in [2.75, 3.05) is 18.8 Å². The highest BCUT2D eigenvalue weighted by Gasteiger charge is 2.28. The van der Waals surface area contributed by atoms with E-state index < -0.39 is 0 Å². The van der Waals surface area contributed by atoms with E-state index in [1.165, 1.54) is 12.4 Å². The lowest BCUT2D eigenvalue weighted by atomic mass is 10.1. The van der Waals surface area contributed by atoms with Crippen LogP contribution in [0.25, 0.3) is 22.3 Å². The molecule has 1 atom stereocenters. The zero-order valence-electron chi connectivity index (χ0n) is 18.9. The molecule has 9 nitrogen and oxygen atoms in total. The highest BCUT2D eigenvalue weighted by atomic mass is 16.5. The number of anilines is 1. The maximum atomic E-state index is 12.2. The van der Waals surface area contributed by atoms with Crippen molar-refractivity contribution < 1.29 is 9.53 Å². The Bertz CT molecular complexity index is 1370. The highest BCUT2D eigenvalue weighted by molar-refractivity contribution is 5.98. The first-order chi connectivity index (χ1) is 16.5. The third-order valence-corrected chi connectivity index (χ3v) is 6.03. The number of amides is 1. The van der Waals surface area contributed by atoms with Gasteiger partial charge in [-0.2, -0.15) is 5.10 Å². The number of nitrogens with two attached hydrogens (primary N) is 1. The lowest BCUT2D eigenvalue weighted by Crippen LogP contribution is -2.40. The molecule has 2 N–H and O–H groups in total. The van der Waals surface area contributed by atoms with Crippen LogP contribution in [0.1, 0.15) is 24.6 Å². The number of carbonyl (C=O) groups is 1. The number of hydrogen-bond donors (Lipinski definition) is 1. The number of fused-ring (bicyclic) bond motifs is 1. The summed E-state index contributed by atoms with van der Waals surface area (Å²) in [6, 6.07) is 13.2. The van der Waals surface area contributed by atoms with E-state index in [2.05, 4.69) is 21.5 Å². The van der Waals surface area contributed by atoms with E-state index >= 15 is 0 Å². The van der Waals surface area contributed by atoms with Gasteiger partial charge in [-0.05, 0) is 44.0 Å². The molecule has 0 bridgehead atoms. The van der Waals surface area contributed by atoms with E-state index in [0.717, 1.165) is 24.1 Å². The summed E-state index contributed by atoms with van der Waals surface area (Å²) in [6.45, 7) is 6.76. The number of carbonyl (C=O) groups excluding carboxylic acids is 1. The Labute approximate surface area is 196 Å². The number of hydrogen-bond acceptors (Lipinski definition) is 7. The van der Waals surface area contributed by atoms with Crippen LogP contribution >= 0.6 is 0 Å². The minimum Gasteiger partial charge on any atom is -0.439 e. The SMILES string of the molecule is C=CC(=O)N1CCCC(n2nc(-c3ccc(Oc4ccccc4)nc3C)c3c(N)ncnc32)C1. The molecular formula is C25H25N7O2. The van der Waals surface area contributed by atoms with Crippen molar-refractivity contribution in [2.24, 2.45) is 0 Å². The first kappa shape index (κ1) is 21.6. The Balaban J connectivity index is 1.54. The van der Waals surface area contributed by atoms with Crippen molar-refractivity contribution in [1.82, 2.24) is 29.6 Å². The largest absolute Gasteiger partial charge is 0.439 e. The van der Waals surface area contributed by atoms with Crippen molar-refractivity contribution in [3.8, 4) is 22.9 Å². The van der Waals surface area contributed by atoms with Gasteiger partial charge in [0.2, 0.25) is 11.8 Å². The number of pyridine rings is 1. The summed E-state index contributed by atoms with van der Waals surface area (Å²) in [5.41, 5.74) is 9.16. The predicted molar refractivity (Wildman–Crippen MR) is 129 cm³/mol. The fraction of sp³-hybridized carbons (Fsp3) is 0.240. The van der Waals surface area contributed by atoms with E-state index in [9.17, 15) is 4.79 Å². The number of aryl methyl sites for hydroxylation is 1. The van der Waals surface area contributed by atoms with Crippen LogP contribution in [-0.4, -0.2) is 48.6 Å². The lowest BCUT2D eigenvalue weighted by molar-refractivity contribution is -0.127. The molecule has 9 heteroatoms. The van der Waals surface area contributed by atoms with Gasteiger partial charge in [-0.25, -0.2) is 19.6 Å². The Hall–Kier alpha value is -4.27. The van der Waals surface area contributed by atoms with E-state index in [-0.39, 0.29) is 11.9 Å². The summed E-state index contributed by atoms with van der Waals surface area (Å²) in [5, 5.41) is 5.60. The minimum atomic E-state index is -0.0791. The van der Waals surface area contributed by atoms with E-state index in [0.29, 0.717) is 47.3 Å². The number of para-hydroxylation sites is 1. The maximum absolute atomic E-state index is 12.2. The van der Waals surface area contributed by atoms with Crippen LogP contribution in [0.15, 0.2) is 61.4 Å². The number of aromatic nitrogens is 5. The second-order valence-corrected chi connectivity index (χ2v) is 8.23. The number of ether oxygens (including phenoxy) is 1. The molecule has 0 saturated carbocycles. The van der Waals surface area contributed by atoms with Crippen LogP contribution in [0.5, 0.6) is 11.6 Å². The molecule has 1 aromatic carbocycles. The van der Waals surface area contributed by atoms with E-state index in [1.807, 2.05) is 54.1 Å². The number of nitrogens with zero attached hydrogens (tertiary/aromatic N) is 6. The Morgan fingerprint density at radius 3 is 2.79 bits per heavy atom. The molecule has 1 aliphatic rings. The predicted octanol–water partition coefficient (Wildman–Crippen LogP) is 3.92. The summed E-state index contributed by atoms with van der Waals surface area (Å²) < 4.78 is 7.75. The fourth-order valence-electron chi connectivity index (χ4n) is 4.38. The molecule has 172 valence electrons. The molecule has 4 aromatic rings. The molecule has 5 rings (SSSR count). The summed E-state index contributed by atoms with van der Waals surface area (Å²) in [5.74, 6) is 1.48. The topological polar surface area (TPSA) is 112 Å². The molecule has 0 spiro atoms. The second-order valence-electron chi connectivity index (χ2n) is 8.23. The summed E-state index contributed by atoms with van der Waals surface area (Å²) in [6.07, 6.45) is 4.54. The first-order valence-electron chi connectivity index (χ1n) is 11.2. The van der Waals surface area contributed by atoms with Gasteiger partial charge in [0.15, 0.2) is 5.65 Å². The summed E-state index contributed by atoms with van der Waals surface area (Å²) in [7, 11) is 0. The first-order valence-corrected chi connectivity index (χ1v) is 11.2. The Morgan fingerprint density at radius 1 is 1.21 bits per heavy atom. The average Bonchev–Trinajstić information content (AvgIpc) is 3.25. The van der Waals surface area contributed by atoms with Crippen LogP contribution < -0.4 is 10.5 Å². The van der Waals surface area contributed by atoms with Gasteiger partial charge in [-0.3, -0.25) is 4.79 Å². The average molecular weight is 456 g/mol. The van der Waals surface area contributed by atoms with Crippen LogP contribution in [0.2, 0.25) is 0 Å². The second kappa shape index (κ2) is 8.93. The monoisotopic (exact) mass is 455 g/mol. The van der Waals surface area contributed by atoms with Crippen LogP contribution in [-0.2, 0) is 4.79 Å². The van der Waals surface area contributed by atoms with Crippen molar-refractivity contribution in [3.05, 3.63) is 67.1 Å². The van der Waals surface area contributed by atoms with Gasteiger partial charge in [0.1, 0.15) is 23.6 Å². The number of piperidine rings is 1. The van der Waals surface area contributed by atoms with Gasteiger partial charge in [-0.15, -0.1) is 0 Å². The molecule has 34 heavy (non-hydrogen) atoms. The molecule has 1 amide bonds. The van der Waals surface area contributed by atoms with Crippen LogP contribution in [0.3, 0.4) is 0 Å². The molecule has 1 unspecified atom stereocenters. The van der Waals surface area contributed by atoms with Gasteiger partial charge in [0.05, 0.1) is 17.1 Å². The third kappa shape index (κ3) is 3.96. The highest BCUT2D eigenvalue weighted by Crippen LogP contribution is 2.35. The number of likely N-dealkylation sites (tertiary alicyclic amines) is 1. The van der Waals surface area contributed by atoms with Gasteiger partial charge >= 0.3 is 0 Å². The standard InChI is InChI=1S/C25H25N7O2/c1-3-21(33)31-13-7-8-17(14-31)32-25-22(24(26)27-15-28-25)23(30-32)19-11-12-20(29-16(19)2)34-18-9-5-4-6-10-18/h3-6,9-12,15,17H,1,7-8,13-14H2,2H3,(H2,26,27,28). The molecule has 1 aliphatic heterocycles. The Kier molecular flexibility index (Phi) is 5.67. The summed E-state index contributed by atoms with van der Waals surface area (Å²) in [4.78, 5) is 27.3. The fourth-order valence-corrected chi connectivity index (χ4v) is 4.38. The molecule has 3 aromatic heterocycles. The minimum absolute atomic E-state index is 0.0304. The van der Waals surface area contributed by atoms with Gasteiger partial charge in [-0.1, -0.05) is 24.8 Å². The summed E-state index contributed by atoms with van der Waals surface area (Å²) >= 11 is 0. The van der Waals surface area contributed by atoms with Crippen molar-refractivity contribution in [1.29, 1.82) is 0 Å². The zero-order valence-corrected chi connectivity index (χ0v) is 18.9. The maximum Gasteiger partial charge on any atom is 0.246 e. The van der Waals surface area contributed by atoms with Gasteiger partial charge < -0.3 is 15.4 Å². The number of benzene rings is 1. The quantitative estimate of drug-likeness (QED) is 0.454. The van der Waals surface area contributed by atoms with Crippen LogP contribution in [0, 0.1) is 6.92 Å². The van der Waals surface area contributed by atoms with E-state index in [1.54, 1.807) is 4.90 Å². The molecule has 1 fully saturated rings. The molecule has 4 heterocycles. The molecule has 1 saturated heterocycles. The van der Waals surface area contributed by atoms with Crippen molar-refractivity contribution in [3.63, 3.8) is 0 Å². The number of nitrogen functional groups attached to an aromatic ring is 1. The molecule has 0 aliphatic carbocycles. The van der Waals surface area contributed by atoms with Crippen LogP contribution in [0.4, 0.5) is 5.82 Å². The zero-order chi connectivity index (χ0) is 23.7. The Morgan fingerprint density at radius 2 is 2.03 bits per heavy atom. The lowest BCUT2D eigenvalue weighted by Gasteiger charge is -2.32. The van der Waals surface area contributed by atoms with E-state index in [4.69, 9.17) is 15.6 Å². The van der Waals surface area contributed by atoms with Gasteiger partial charge in [0, 0.05) is 24.7 Å². The molecule has 0 radical (unpaired) electrons. The smallest absolute Gasteiger partial charge is 0.246 e. The third-order valence-electron chi connectivity index (χ3n) is 6.03. The normalized spacial score (nSPS) is 15.9. The van der Waals surface area contributed by atoms with Crippen molar-refractivity contribution >= 4 is 22.8 Å².